The third-order valence-corrected chi connectivity index (χ3v) is 4.07. The van der Waals surface area contributed by atoms with Crippen molar-refractivity contribution in [2.24, 2.45) is 0 Å². The lowest BCUT2D eigenvalue weighted by atomic mass is 9.89. The summed E-state index contributed by atoms with van der Waals surface area (Å²) in [5.41, 5.74) is 7.57. The maximum atomic E-state index is 12.2. The first-order valence-corrected chi connectivity index (χ1v) is 7.33. The third kappa shape index (κ3) is 3.24. The summed E-state index contributed by atoms with van der Waals surface area (Å²) < 4.78 is 1.60. The normalized spacial score (nSPS) is 16.1. The first-order valence-electron chi connectivity index (χ1n) is 7.33. The van der Waals surface area contributed by atoms with Crippen LogP contribution in [0.25, 0.3) is 0 Å². The molecule has 1 aliphatic heterocycles. The molecule has 0 saturated carbocycles. The van der Waals surface area contributed by atoms with Gasteiger partial charge in [0.15, 0.2) is 0 Å². The summed E-state index contributed by atoms with van der Waals surface area (Å²) in [7, 11) is 0. The zero-order valence-corrected chi connectivity index (χ0v) is 12.0. The fraction of sp³-hybridized carbons (Fsp3) is 0.375. The van der Waals surface area contributed by atoms with Gasteiger partial charge in [0.1, 0.15) is 6.54 Å². The van der Waals surface area contributed by atoms with Crippen LogP contribution < -0.4 is 5.73 Å². The molecular formula is C16H20N4O. The zero-order chi connectivity index (χ0) is 14.7. The highest BCUT2D eigenvalue weighted by atomic mass is 16.2. The van der Waals surface area contributed by atoms with Gasteiger partial charge in [0, 0.05) is 19.3 Å². The van der Waals surface area contributed by atoms with Crippen LogP contribution in [-0.4, -0.2) is 33.7 Å². The number of carbonyl (C=O) groups is 1. The fourth-order valence-corrected chi connectivity index (χ4v) is 2.89. The molecule has 3 rings (SSSR count). The molecule has 5 nitrogen and oxygen atoms in total. The molecule has 1 aromatic heterocycles. The van der Waals surface area contributed by atoms with Gasteiger partial charge in [0.2, 0.25) is 5.91 Å². The fourth-order valence-electron chi connectivity index (χ4n) is 2.89. The first kappa shape index (κ1) is 13.7. The maximum absolute atomic E-state index is 12.2. The van der Waals surface area contributed by atoms with E-state index in [0.29, 0.717) is 11.6 Å². The number of aromatic nitrogens is 2. The Labute approximate surface area is 124 Å². The van der Waals surface area contributed by atoms with Crippen LogP contribution in [0.2, 0.25) is 0 Å². The molecule has 0 aliphatic carbocycles. The van der Waals surface area contributed by atoms with Crippen molar-refractivity contribution in [2.45, 2.75) is 25.3 Å². The number of hydrogen-bond donors (Lipinski definition) is 1. The number of piperidine rings is 1. The smallest absolute Gasteiger partial charge is 0.244 e. The van der Waals surface area contributed by atoms with Crippen LogP contribution in [0, 0.1) is 0 Å². The van der Waals surface area contributed by atoms with E-state index in [9.17, 15) is 4.79 Å². The molecule has 2 N–H and O–H groups in total. The Hall–Kier alpha value is -2.30. The lowest BCUT2D eigenvalue weighted by Gasteiger charge is -2.32. The topological polar surface area (TPSA) is 64.1 Å². The van der Waals surface area contributed by atoms with Gasteiger partial charge in [0.25, 0.3) is 0 Å². The van der Waals surface area contributed by atoms with Crippen molar-refractivity contribution in [3.05, 3.63) is 48.3 Å². The molecule has 1 aliphatic rings. The van der Waals surface area contributed by atoms with Crippen LogP contribution in [-0.2, 0) is 11.3 Å². The first-order chi connectivity index (χ1) is 10.2. The number of nitrogen functional groups attached to an aromatic ring is 1. The van der Waals surface area contributed by atoms with E-state index in [1.54, 1.807) is 17.1 Å². The van der Waals surface area contributed by atoms with E-state index >= 15 is 0 Å². The van der Waals surface area contributed by atoms with Crippen LogP contribution in [0.3, 0.4) is 0 Å². The van der Waals surface area contributed by atoms with Gasteiger partial charge in [0.05, 0.1) is 11.9 Å². The summed E-state index contributed by atoms with van der Waals surface area (Å²) >= 11 is 0. The summed E-state index contributed by atoms with van der Waals surface area (Å²) in [6.45, 7) is 1.90. The second-order valence-corrected chi connectivity index (χ2v) is 5.54. The van der Waals surface area contributed by atoms with Gasteiger partial charge in [-0.3, -0.25) is 9.48 Å². The number of rotatable bonds is 3. The van der Waals surface area contributed by atoms with Crippen LogP contribution in [0.4, 0.5) is 5.69 Å². The summed E-state index contributed by atoms with van der Waals surface area (Å²) in [6.07, 6.45) is 5.30. The monoisotopic (exact) mass is 284 g/mol. The number of nitrogens with zero attached hydrogens (tertiary/aromatic N) is 3. The van der Waals surface area contributed by atoms with E-state index in [-0.39, 0.29) is 12.5 Å². The third-order valence-electron chi connectivity index (χ3n) is 4.07. The molecule has 110 valence electrons. The molecule has 5 heteroatoms. The highest BCUT2D eigenvalue weighted by Gasteiger charge is 2.23. The molecule has 21 heavy (non-hydrogen) atoms. The van der Waals surface area contributed by atoms with Crippen LogP contribution in [0.1, 0.15) is 24.3 Å². The zero-order valence-electron chi connectivity index (χ0n) is 12.0. The van der Waals surface area contributed by atoms with E-state index in [1.807, 2.05) is 11.0 Å². The Kier molecular flexibility index (Phi) is 3.90. The van der Waals surface area contributed by atoms with Crippen molar-refractivity contribution in [3.8, 4) is 0 Å². The standard InChI is InChI=1S/C16H20N4O/c17-15-10-18-20(11-15)12-16(21)19-8-6-14(7-9-19)13-4-2-1-3-5-13/h1-5,10-11,14H,6-9,12,17H2. The molecule has 0 unspecified atom stereocenters. The van der Waals surface area contributed by atoms with Crippen molar-refractivity contribution in [1.29, 1.82) is 0 Å². The number of amides is 1. The molecule has 0 bridgehead atoms. The minimum atomic E-state index is 0.115. The number of likely N-dealkylation sites (tertiary alicyclic amines) is 1. The molecule has 1 saturated heterocycles. The van der Waals surface area contributed by atoms with Crippen molar-refractivity contribution in [1.82, 2.24) is 14.7 Å². The summed E-state index contributed by atoms with van der Waals surface area (Å²) in [6, 6.07) is 10.5. The second kappa shape index (κ2) is 5.99. The Bertz CT molecular complexity index is 600. The van der Waals surface area contributed by atoms with Gasteiger partial charge in [-0.2, -0.15) is 5.10 Å². The Morgan fingerprint density at radius 1 is 1.24 bits per heavy atom. The number of benzene rings is 1. The van der Waals surface area contributed by atoms with Crippen molar-refractivity contribution in [2.75, 3.05) is 18.8 Å². The highest BCUT2D eigenvalue weighted by molar-refractivity contribution is 5.76. The Morgan fingerprint density at radius 3 is 2.57 bits per heavy atom. The van der Waals surface area contributed by atoms with Gasteiger partial charge < -0.3 is 10.6 Å². The van der Waals surface area contributed by atoms with E-state index in [1.165, 1.54) is 5.56 Å². The van der Waals surface area contributed by atoms with Gasteiger partial charge in [-0.25, -0.2) is 0 Å². The average Bonchev–Trinajstić information content (AvgIpc) is 2.93. The van der Waals surface area contributed by atoms with Gasteiger partial charge in [-0.1, -0.05) is 30.3 Å². The average molecular weight is 284 g/mol. The van der Waals surface area contributed by atoms with Crippen LogP contribution >= 0.6 is 0 Å². The van der Waals surface area contributed by atoms with Gasteiger partial charge in [-0.15, -0.1) is 0 Å². The van der Waals surface area contributed by atoms with Crippen molar-refractivity contribution in [3.63, 3.8) is 0 Å². The lowest BCUT2D eigenvalue weighted by Crippen LogP contribution is -2.39. The molecule has 2 heterocycles. The van der Waals surface area contributed by atoms with E-state index in [2.05, 4.69) is 29.4 Å². The number of anilines is 1. The number of carbonyl (C=O) groups excluding carboxylic acids is 1. The largest absolute Gasteiger partial charge is 0.396 e. The van der Waals surface area contributed by atoms with Crippen LogP contribution in [0.15, 0.2) is 42.7 Å². The molecule has 1 fully saturated rings. The molecule has 1 aromatic carbocycles. The maximum Gasteiger partial charge on any atom is 0.244 e. The molecule has 2 aromatic rings. The molecule has 1 amide bonds. The van der Waals surface area contributed by atoms with Gasteiger partial charge >= 0.3 is 0 Å². The number of hydrogen-bond acceptors (Lipinski definition) is 3. The summed E-state index contributed by atoms with van der Waals surface area (Å²) in [4.78, 5) is 14.2. The van der Waals surface area contributed by atoms with Crippen molar-refractivity contribution < 1.29 is 4.79 Å². The predicted octanol–water partition coefficient (Wildman–Crippen LogP) is 1.87. The minimum Gasteiger partial charge on any atom is -0.396 e. The molecule has 0 atom stereocenters. The quantitative estimate of drug-likeness (QED) is 0.936. The Morgan fingerprint density at radius 2 is 1.95 bits per heavy atom. The summed E-state index contributed by atoms with van der Waals surface area (Å²) in [5.74, 6) is 0.681. The van der Waals surface area contributed by atoms with E-state index in [4.69, 9.17) is 5.73 Å². The SMILES string of the molecule is Nc1cnn(CC(=O)N2CCC(c3ccccc3)CC2)c1. The van der Waals surface area contributed by atoms with E-state index < -0.39 is 0 Å². The Balaban J connectivity index is 1.54. The number of nitrogens with two attached hydrogens (primary N) is 1. The highest BCUT2D eigenvalue weighted by Crippen LogP contribution is 2.27. The summed E-state index contributed by atoms with van der Waals surface area (Å²) in [5, 5.41) is 4.06. The van der Waals surface area contributed by atoms with Gasteiger partial charge in [-0.05, 0) is 24.3 Å². The second-order valence-electron chi connectivity index (χ2n) is 5.54. The van der Waals surface area contributed by atoms with E-state index in [0.717, 1.165) is 25.9 Å². The molecule has 0 spiro atoms. The lowest BCUT2D eigenvalue weighted by molar-refractivity contribution is -0.133. The molecular weight excluding hydrogens is 264 g/mol. The van der Waals surface area contributed by atoms with Crippen molar-refractivity contribution >= 4 is 11.6 Å². The minimum absolute atomic E-state index is 0.115. The predicted molar refractivity (Wildman–Crippen MR) is 81.6 cm³/mol. The van der Waals surface area contributed by atoms with Crippen LogP contribution in [0.5, 0.6) is 0 Å². The molecule has 0 radical (unpaired) electrons.